The van der Waals surface area contributed by atoms with Gasteiger partial charge in [0, 0.05) is 12.0 Å². The van der Waals surface area contributed by atoms with Crippen LogP contribution in [0, 0.1) is 5.92 Å². The van der Waals surface area contributed by atoms with Crippen LogP contribution in [0.3, 0.4) is 0 Å². The topological polar surface area (TPSA) is 152 Å². The second-order valence-electron chi connectivity index (χ2n) is 7.48. The van der Waals surface area contributed by atoms with Gasteiger partial charge in [-0.2, -0.15) is 13.4 Å². The van der Waals surface area contributed by atoms with Crippen molar-refractivity contribution < 1.29 is 17.7 Å². The molecular formula is C18H24N6O4S. The largest absolute Gasteiger partial charge is 0.393 e. The Kier molecular flexibility index (Phi) is 5.63. The third-order valence-corrected chi connectivity index (χ3v) is 5.91. The van der Waals surface area contributed by atoms with Gasteiger partial charge in [0.1, 0.15) is 6.33 Å². The van der Waals surface area contributed by atoms with Gasteiger partial charge in [-0.1, -0.05) is 24.3 Å². The Labute approximate surface area is 169 Å². The van der Waals surface area contributed by atoms with E-state index in [4.69, 9.17) is 5.14 Å². The van der Waals surface area contributed by atoms with E-state index in [0.717, 1.165) is 12.8 Å². The molecule has 2 aliphatic carbocycles. The molecule has 1 saturated carbocycles. The van der Waals surface area contributed by atoms with Crippen LogP contribution < -0.4 is 15.8 Å². The summed E-state index contributed by atoms with van der Waals surface area (Å²) in [4.78, 5) is 12.8. The molecule has 2 aromatic rings. The van der Waals surface area contributed by atoms with Gasteiger partial charge < -0.3 is 15.7 Å². The summed E-state index contributed by atoms with van der Waals surface area (Å²) in [7, 11) is -4.02. The average Bonchev–Trinajstić information content (AvgIpc) is 3.23. The molecule has 0 spiro atoms. The van der Waals surface area contributed by atoms with Gasteiger partial charge in [0.05, 0.1) is 18.8 Å². The fourth-order valence-electron chi connectivity index (χ4n) is 4.06. The molecule has 0 saturated heterocycles. The number of aryl methyl sites for hydroxylation is 1. The number of nitrogens with two attached hydrogens (primary N) is 1. The third kappa shape index (κ3) is 4.99. The number of benzene rings is 1. The molecule has 2 aliphatic rings. The summed E-state index contributed by atoms with van der Waals surface area (Å²) in [5.41, 5.74) is 2.60. The molecule has 1 heterocycles. The molecule has 0 radical (unpaired) electrons. The fourth-order valence-corrected chi connectivity index (χ4v) is 4.43. The van der Waals surface area contributed by atoms with Gasteiger partial charge in [-0.05, 0) is 36.8 Å². The number of aliphatic hydroxyl groups excluding tert-OH is 1. The first-order valence-corrected chi connectivity index (χ1v) is 11.0. The number of aliphatic hydroxyl groups is 1. The van der Waals surface area contributed by atoms with E-state index in [0.29, 0.717) is 24.7 Å². The Morgan fingerprint density at radius 1 is 1.17 bits per heavy atom. The fraction of sp³-hybridized carbons (Fsp3) is 0.500. The van der Waals surface area contributed by atoms with Crippen LogP contribution in [0.5, 0.6) is 0 Å². The number of fused-ring (bicyclic) bond motifs is 1. The van der Waals surface area contributed by atoms with Gasteiger partial charge in [0.25, 0.3) is 0 Å². The molecule has 4 rings (SSSR count). The highest BCUT2D eigenvalue weighted by Gasteiger charge is 2.34. The van der Waals surface area contributed by atoms with Crippen LogP contribution in [-0.2, 0) is 20.9 Å². The second kappa shape index (κ2) is 8.19. The maximum absolute atomic E-state index is 10.9. The van der Waals surface area contributed by atoms with Crippen molar-refractivity contribution in [1.82, 2.24) is 15.0 Å². The van der Waals surface area contributed by atoms with E-state index in [2.05, 4.69) is 41.9 Å². The Balaban J connectivity index is 1.36. The minimum Gasteiger partial charge on any atom is -0.393 e. The summed E-state index contributed by atoms with van der Waals surface area (Å²) in [6.07, 6.45) is 3.69. The van der Waals surface area contributed by atoms with Gasteiger partial charge in [-0.25, -0.2) is 15.1 Å². The zero-order chi connectivity index (χ0) is 20.4. The molecule has 1 aromatic carbocycles. The van der Waals surface area contributed by atoms with Crippen molar-refractivity contribution >= 4 is 22.2 Å². The molecule has 1 fully saturated rings. The Morgan fingerprint density at radius 2 is 1.93 bits per heavy atom. The Morgan fingerprint density at radius 3 is 2.72 bits per heavy atom. The normalized spacial score (nSPS) is 26.3. The molecule has 156 valence electrons. The quantitative estimate of drug-likeness (QED) is 0.508. The summed E-state index contributed by atoms with van der Waals surface area (Å²) in [6, 6.07) is 8.38. The van der Waals surface area contributed by atoms with Gasteiger partial charge in [0.2, 0.25) is 11.9 Å². The maximum atomic E-state index is 10.9. The number of nitrogens with one attached hydrogen (secondary N) is 2. The molecule has 4 atom stereocenters. The minimum atomic E-state index is -4.02. The first-order chi connectivity index (χ1) is 13.9. The molecule has 1 unspecified atom stereocenters. The van der Waals surface area contributed by atoms with Crippen molar-refractivity contribution in [1.29, 1.82) is 0 Å². The van der Waals surface area contributed by atoms with E-state index in [1.807, 2.05) is 12.1 Å². The molecule has 0 bridgehead atoms. The molecule has 11 heteroatoms. The SMILES string of the molecule is NS(=O)(=O)OC[C@@H]1C[C@@H](Nc2ncnc(NC3CCc4ccccc43)n2)C[C@@H]1O. The van der Waals surface area contributed by atoms with Crippen LogP contribution in [0.25, 0.3) is 0 Å². The van der Waals surface area contributed by atoms with Crippen LogP contribution in [0.4, 0.5) is 11.9 Å². The Hall–Kier alpha value is -2.34. The smallest absolute Gasteiger partial charge is 0.333 e. The van der Waals surface area contributed by atoms with E-state index in [1.165, 1.54) is 17.5 Å². The van der Waals surface area contributed by atoms with Crippen molar-refractivity contribution in [3.05, 3.63) is 41.7 Å². The van der Waals surface area contributed by atoms with Crippen LogP contribution in [0.15, 0.2) is 30.6 Å². The van der Waals surface area contributed by atoms with Crippen LogP contribution in [0.1, 0.15) is 36.4 Å². The van der Waals surface area contributed by atoms with Gasteiger partial charge in [-0.15, -0.1) is 0 Å². The van der Waals surface area contributed by atoms with Crippen molar-refractivity contribution in [2.24, 2.45) is 11.1 Å². The zero-order valence-corrected chi connectivity index (χ0v) is 16.5. The summed E-state index contributed by atoms with van der Waals surface area (Å²) in [5, 5.41) is 21.5. The first-order valence-electron chi connectivity index (χ1n) is 9.52. The number of nitrogens with zero attached hydrogens (tertiary/aromatic N) is 3. The molecule has 0 aliphatic heterocycles. The standard InChI is InChI=1S/C18H24N6O4S/c19-29(26,27)28-9-12-7-13(8-16(12)25)22-17-20-10-21-18(24-17)23-15-6-5-11-3-1-2-4-14(11)15/h1-4,10,12-13,15-16,25H,5-9H2,(H2,19,26,27)(H2,20,21,22,23,24)/t12-,13+,15?,16-/m0/s1. The molecule has 10 nitrogen and oxygen atoms in total. The summed E-state index contributed by atoms with van der Waals surface area (Å²) >= 11 is 0. The number of rotatable bonds is 7. The number of anilines is 2. The predicted octanol–water partition coefficient (Wildman–Crippen LogP) is 0.742. The van der Waals surface area contributed by atoms with Crippen molar-refractivity contribution in [2.75, 3.05) is 17.2 Å². The van der Waals surface area contributed by atoms with Crippen LogP contribution in [0.2, 0.25) is 0 Å². The summed E-state index contributed by atoms with van der Waals surface area (Å²) < 4.78 is 26.5. The second-order valence-corrected chi connectivity index (χ2v) is 8.71. The molecule has 29 heavy (non-hydrogen) atoms. The highest BCUT2D eigenvalue weighted by atomic mass is 32.2. The van der Waals surface area contributed by atoms with Gasteiger partial charge in [-0.3, -0.25) is 4.18 Å². The molecular weight excluding hydrogens is 396 g/mol. The Bertz CT molecular complexity index is 972. The zero-order valence-electron chi connectivity index (χ0n) is 15.7. The molecule has 5 N–H and O–H groups in total. The third-order valence-electron chi connectivity index (χ3n) is 5.45. The molecule has 0 amide bonds. The highest BCUT2D eigenvalue weighted by Crippen LogP contribution is 2.33. The maximum Gasteiger partial charge on any atom is 0.333 e. The lowest BCUT2D eigenvalue weighted by Gasteiger charge is -2.16. The van der Waals surface area contributed by atoms with Crippen LogP contribution in [-0.4, -0.2) is 47.2 Å². The lowest BCUT2D eigenvalue weighted by molar-refractivity contribution is 0.101. The highest BCUT2D eigenvalue weighted by molar-refractivity contribution is 7.84. The van der Waals surface area contributed by atoms with E-state index in [9.17, 15) is 13.5 Å². The number of hydrogen-bond donors (Lipinski definition) is 4. The van der Waals surface area contributed by atoms with E-state index < -0.39 is 16.4 Å². The predicted molar refractivity (Wildman–Crippen MR) is 106 cm³/mol. The first kappa shape index (κ1) is 20.0. The number of aromatic nitrogens is 3. The van der Waals surface area contributed by atoms with E-state index in [1.54, 1.807) is 0 Å². The van der Waals surface area contributed by atoms with Crippen molar-refractivity contribution in [3.8, 4) is 0 Å². The molecule has 1 aromatic heterocycles. The minimum absolute atomic E-state index is 0.110. The number of hydrogen-bond acceptors (Lipinski definition) is 9. The lowest BCUT2D eigenvalue weighted by Crippen LogP contribution is -2.24. The lowest BCUT2D eigenvalue weighted by atomic mass is 10.1. The summed E-state index contributed by atoms with van der Waals surface area (Å²) in [5.74, 6) is 0.552. The van der Waals surface area contributed by atoms with Gasteiger partial charge >= 0.3 is 10.3 Å². The van der Waals surface area contributed by atoms with Gasteiger partial charge in [0.15, 0.2) is 0 Å². The van der Waals surface area contributed by atoms with Crippen LogP contribution >= 0.6 is 0 Å². The summed E-state index contributed by atoms with van der Waals surface area (Å²) in [6.45, 7) is -0.150. The van der Waals surface area contributed by atoms with E-state index >= 15 is 0 Å². The van der Waals surface area contributed by atoms with E-state index in [-0.39, 0.29) is 24.6 Å². The van der Waals surface area contributed by atoms with Crippen molar-refractivity contribution in [2.45, 2.75) is 43.9 Å². The monoisotopic (exact) mass is 420 g/mol. The average molecular weight is 420 g/mol. The van der Waals surface area contributed by atoms with Crippen molar-refractivity contribution in [3.63, 3.8) is 0 Å².